The minimum Gasteiger partial charge on any atom is -0.369 e. The number of hydrogen-bond acceptors (Lipinski definition) is 5. The molecule has 0 spiro atoms. The number of ether oxygens (including phenoxy) is 2. The Hall–Kier alpha value is -0.520. The molecule has 0 saturated heterocycles. The number of nitroso groups, excluding NO2 is 1. The van der Waals surface area contributed by atoms with E-state index in [9.17, 15) is 4.91 Å². The molecule has 1 N–H and O–H groups in total. The number of unbranched alkanes of at least 4 members (excludes halogenated alkanes) is 8. The smallest absolute Gasteiger partial charge is 0.189 e. The second kappa shape index (κ2) is 16.8. The Morgan fingerprint density at radius 1 is 0.864 bits per heavy atom. The summed E-state index contributed by atoms with van der Waals surface area (Å²) in [6.07, 6.45) is 11.3. The predicted molar refractivity (Wildman–Crippen MR) is 89.6 cm³/mol. The number of hydrogen-bond donors (Lipinski definition) is 1. The average Bonchev–Trinajstić information content (AvgIpc) is 2.53. The average molecular weight is 317 g/mol. The lowest BCUT2D eigenvalue weighted by Crippen LogP contribution is -2.19. The van der Waals surface area contributed by atoms with E-state index in [1.54, 1.807) is 0 Å². The third kappa shape index (κ3) is 14.4. The van der Waals surface area contributed by atoms with Crippen molar-refractivity contribution in [2.24, 2.45) is 5.18 Å². The maximum Gasteiger partial charge on any atom is 0.189 e. The molecule has 0 aromatic rings. The molecule has 0 rings (SSSR count). The standard InChI is InChI=1S/C17H35NO4/c1-3-5-6-7-8-9-10-11-12-13-17(21-4-2)22-15-14-16(19)18-20/h16-17,19H,3-15H2,1-2H3. The first-order chi connectivity index (χ1) is 10.7. The summed E-state index contributed by atoms with van der Waals surface area (Å²) in [7, 11) is 0. The second-order valence-corrected chi connectivity index (χ2v) is 5.75. The molecule has 0 bridgehead atoms. The van der Waals surface area contributed by atoms with Crippen LogP contribution in [0.15, 0.2) is 5.18 Å². The summed E-state index contributed by atoms with van der Waals surface area (Å²) < 4.78 is 11.1. The fourth-order valence-electron chi connectivity index (χ4n) is 2.38. The van der Waals surface area contributed by atoms with E-state index in [2.05, 4.69) is 12.1 Å². The second-order valence-electron chi connectivity index (χ2n) is 5.75. The van der Waals surface area contributed by atoms with Crippen LogP contribution in [0.25, 0.3) is 0 Å². The Balaban J connectivity index is 3.50. The highest BCUT2D eigenvalue weighted by Gasteiger charge is 2.10. The van der Waals surface area contributed by atoms with Crippen molar-refractivity contribution in [3.63, 3.8) is 0 Å². The van der Waals surface area contributed by atoms with E-state index < -0.39 is 6.23 Å². The molecule has 0 aliphatic carbocycles. The fourth-order valence-corrected chi connectivity index (χ4v) is 2.38. The SMILES string of the molecule is CCCCCCCCCCCC(OCC)OCCC(O)N=O. The van der Waals surface area contributed by atoms with Crippen LogP contribution in [-0.4, -0.2) is 30.8 Å². The van der Waals surface area contributed by atoms with E-state index in [4.69, 9.17) is 14.6 Å². The van der Waals surface area contributed by atoms with Gasteiger partial charge in [0.1, 0.15) is 0 Å². The lowest BCUT2D eigenvalue weighted by atomic mass is 10.1. The first-order valence-electron chi connectivity index (χ1n) is 8.98. The Kier molecular flexibility index (Phi) is 16.4. The summed E-state index contributed by atoms with van der Waals surface area (Å²) in [5, 5.41) is 11.6. The van der Waals surface area contributed by atoms with Gasteiger partial charge in [0, 0.05) is 13.0 Å². The fraction of sp³-hybridized carbons (Fsp3) is 1.00. The minimum atomic E-state index is -1.17. The summed E-state index contributed by atoms with van der Waals surface area (Å²) in [5.41, 5.74) is 0. The van der Waals surface area contributed by atoms with Gasteiger partial charge in [0.05, 0.1) is 6.61 Å². The van der Waals surface area contributed by atoms with Crippen LogP contribution in [0.5, 0.6) is 0 Å². The van der Waals surface area contributed by atoms with Gasteiger partial charge in [0.25, 0.3) is 0 Å². The van der Waals surface area contributed by atoms with E-state index in [0.29, 0.717) is 13.2 Å². The molecule has 0 saturated carbocycles. The Bertz CT molecular complexity index is 239. The molecule has 0 amide bonds. The minimum absolute atomic E-state index is 0.227. The Labute approximate surface area is 135 Å². The summed E-state index contributed by atoms with van der Waals surface area (Å²) in [5.74, 6) is 0. The summed E-state index contributed by atoms with van der Waals surface area (Å²) in [6.45, 7) is 5.09. The number of nitrogens with zero attached hydrogens (tertiary/aromatic N) is 1. The normalized spacial score (nSPS) is 14.0. The van der Waals surface area contributed by atoms with Crippen molar-refractivity contribution < 1.29 is 14.6 Å². The van der Waals surface area contributed by atoms with E-state index in [1.807, 2.05) is 6.92 Å². The lowest BCUT2D eigenvalue weighted by Gasteiger charge is -2.18. The van der Waals surface area contributed by atoms with Gasteiger partial charge in [-0.2, -0.15) is 0 Å². The largest absolute Gasteiger partial charge is 0.369 e. The molecule has 0 aromatic heterocycles. The molecule has 5 heteroatoms. The Morgan fingerprint density at radius 2 is 1.45 bits per heavy atom. The molecule has 132 valence electrons. The number of aliphatic hydroxyl groups excluding tert-OH is 1. The van der Waals surface area contributed by atoms with Crippen molar-refractivity contribution in [3.8, 4) is 0 Å². The van der Waals surface area contributed by atoms with Gasteiger partial charge in [-0.1, -0.05) is 58.3 Å². The predicted octanol–water partition coefficient (Wildman–Crippen LogP) is 4.76. The van der Waals surface area contributed by atoms with Crippen LogP contribution in [0, 0.1) is 4.91 Å². The quantitative estimate of drug-likeness (QED) is 0.238. The summed E-state index contributed by atoms with van der Waals surface area (Å²) >= 11 is 0. The topological polar surface area (TPSA) is 68.1 Å². The van der Waals surface area contributed by atoms with Gasteiger partial charge in [-0.15, -0.1) is 4.91 Å². The molecule has 0 aliphatic rings. The lowest BCUT2D eigenvalue weighted by molar-refractivity contribution is -0.147. The van der Waals surface area contributed by atoms with E-state index in [-0.39, 0.29) is 12.7 Å². The van der Waals surface area contributed by atoms with Crippen LogP contribution in [0.4, 0.5) is 0 Å². The van der Waals surface area contributed by atoms with Gasteiger partial charge >= 0.3 is 0 Å². The van der Waals surface area contributed by atoms with Crippen molar-refractivity contribution in [2.45, 2.75) is 97.0 Å². The third-order valence-electron chi connectivity index (χ3n) is 3.70. The molecule has 0 fully saturated rings. The molecule has 0 radical (unpaired) electrons. The van der Waals surface area contributed by atoms with E-state index >= 15 is 0 Å². The Morgan fingerprint density at radius 3 is 2.00 bits per heavy atom. The van der Waals surface area contributed by atoms with Crippen molar-refractivity contribution >= 4 is 0 Å². The van der Waals surface area contributed by atoms with Crippen LogP contribution in [0.3, 0.4) is 0 Å². The zero-order valence-corrected chi connectivity index (χ0v) is 14.5. The maximum atomic E-state index is 10.1. The zero-order valence-electron chi connectivity index (χ0n) is 14.5. The van der Waals surface area contributed by atoms with Gasteiger partial charge in [0.15, 0.2) is 12.5 Å². The molecular weight excluding hydrogens is 282 g/mol. The van der Waals surface area contributed by atoms with Crippen LogP contribution in [0.2, 0.25) is 0 Å². The van der Waals surface area contributed by atoms with Crippen molar-refractivity contribution in [2.75, 3.05) is 13.2 Å². The van der Waals surface area contributed by atoms with Crippen LogP contribution < -0.4 is 0 Å². The molecule has 2 atom stereocenters. The third-order valence-corrected chi connectivity index (χ3v) is 3.70. The summed E-state index contributed by atoms with van der Waals surface area (Å²) in [6, 6.07) is 0. The van der Waals surface area contributed by atoms with Gasteiger partial charge in [-0.05, 0) is 24.9 Å². The molecule has 22 heavy (non-hydrogen) atoms. The molecule has 0 heterocycles. The van der Waals surface area contributed by atoms with Crippen LogP contribution >= 0.6 is 0 Å². The highest BCUT2D eigenvalue weighted by atomic mass is 16.7. The molecule has 5 nitrogen and oxygen atoms in total. The molecular formula is C17H35NO4. The van der Waals surface area contributed by atoms with Crippen LogP contribution in [-0.2, 0) is 9.47 Å². The first kappa shape index (κ1) is 21.5. The van der Waals surface area contributed by atoms with Gasteiger partial charge in [-0.3, -0.25) is 0 Å². The van der Waals surface area contributed by atoms with Crippen LogP contribution in [0.1, 0.15) is 84.5 Å². The van der Waals surface area contributed by atoms with Gasteiger partial charge in [-0.25, -0.2) is 0 Å². The maximum absolute atomic E-state index is 10.1. The van der Waals surface area contributed by atoms with Crippen molar-refractivity contribution in [3.05, 3.63) is 4.91 Å². The van der Waals surface area contributed by atoms with Gasteiger partial charge < -0.3 is 14.6 Å². The van der Waals surface area contributed by atoms with Crippen molar-refractivity contribution in [1.29, 1.82) is 0 Å². The molecule has 0 aliphatic heterocycles. The number of aliphatic hydroxyl groups is 1. The summed E-state index contributed by atoms with van der Waals surface area (Å²) in [4.78, 5) is 10.1. The van der Waals surface area contributed by atoms with Gasteiger partial charge in [0.2, 0.25) is 0 Å². The first-order valence-corrected chi connectivity index (χ1v) is 8.98. The number of rotatable bonds is 17. The zero-order chi connectivity index (χ0) is 16.5. The highest BCUT2D eigenvalue weighted by Crippen LogP contribution is 2.13. The monoisotopic (exact) mass is 317 g/mol. The van der Waals surface area contributed by atoms with E-state index in [1.165, 1.54) is 51.4 Å². The molecule has 0 aromatic carbocycles. The molecule has 2 unspecified atom stereocenters. The highest BCUT2D eigenvalue weighted by molar-refractivity contribution is 4.53. The van der Waals surface area contributed by atoms with E-state index in [0.717, 1.165) is 12.8 Å². The van der Waals surface area contributed by atoms with Crippen molar-refractivity contribution in [1.82, 2.24) is 0 Å².